The molecule has 2 aromatic heterocycles. The Labute approximate surface area is 113 Å². The molecule has 0 amide bonds. The molecule has 0 aliphatic rings. The molecule has 3 aromatic rings. The molecule has 96 valence electrons. The zero-order valence-electron chi connectivity index (χ0n) is 9.22. The molecular formula is C11H6BrN3O4. The molecule has 8 heteroatoms. The van der Waals surface area contributed by atoms with E-state index >= 15 is 0 Å². The van der Waals surface area contributed by atoms with Crippen molar-refractivity contribution >= 4 is 44.7 Å². The minimum Gasteiger partial charge on any atom is -0.478 e. The van der Waals surface area contributed by atoms with Gasteiger partial charge in [-0.05, 0) is 34.1 Å². The first kappa shape index (κ1) is 11.7. The molecule has 0 saturated heterocycles. The van der Waals surface area contributed by atoms with Gasteiger partial charge in [-0.3, -0.25) is 4.40 Å². The molecule has 7 nitrogen and oxygen atoms in total. The van der Waals surface area contributed by atoms with Gasteiger partial charge in [-0.25, -0.2) is 14.6 Å². The fraction of sp³-hybridized carbons (Fsp3) is 0. The van der Waals surface area contributed by atoms with Crippen molar-refractivity contribution in [3.05, 3.63) is 34.1 Å². The quantitative estimate of drug-likeness (QED) is 0.668. The fourth-order valence-corrected chi connectivity index (χ4v) is 2.53. The van der Waals surface area contributed by atoms with Gasteiger partial charge in [0.15, 0.2) is 5.69 Å². The largest absolute Gasteiger partial charge is 0.478 e. The number of H-pyrrole nitrogens is 1. The number of carbonyl (C=O) groups is 2. The van der Waals surface area contributed by atoms with Crippen LogP contribution in [0.2, 0.25) is 0 Å². The Hall–Kier alpha value is -2.35. The van der Waals surface area contributed by atoms with E-state index in [0.29, 0.717) is 16.8 Å². The molecule has 0 aliphatic heterocycles. The van der Waals surface area contributed by atoms with Gasteiger partial charge in [0.25, 0.3) is 0 Å². The molecule has 19 heavy (non-hydrogen) atoms. The number of fused-ring (bicyclic) bond motifs is 3. The number of hydrogen-bond donors (Lipinski definition) is 3. The number of aromatic amines is 1. The first-order valence-corrected chi connectivity index (χ1v) is 5.94. The van der Waals surface area contributed by atoms with Crippen LogP contribution in [-0.4, -0.2) is 36.5 Å². The van der Waals surface area contributed by atoms with E-state index in [4.69, 9.17) is 10.2 Å². The SMILES string of the molecule is O=C(O)c1ccc2[nH]c3nc(C(=O)O)c(Br)n3c2c1. The number of halogens is 1. The average molecular weight is 324 g/mol. The predicted molar refractivity (Wildman–Crippen MR) is 68.7 cm³/mol. The van der Waals surface area contributed by atoms with Gasteiger partial charge in [0.2, 0.25) is 5.78 Å². The molecule has 0 aliphatic carbocycles. The van der Waals surface area contributed by atoms with Gasteiger partial charge in [0.1, 0.15) is 4.60 Å². The second kappa shape index (κ2) is 3.82. The molecule has 1 aromatic carbocycles. The van der Waals surface area contributed by atoms with Crippen LogP contribution < -0.4 is 0 Å². The summed E-state index contributed by atoms with van der Waals surface area (Å²) in [5.41, 5.74) is 1.20. The Morgan fingerprint density at radius 3 is 2.63 bits per heavy atom. The highest BCUT2D eigenvalue weighted by molar-refractivity contribution is 9.10. The van der Waals surface area contributed by atoms with Crippen LogP contribution in [-0.2, 0) is 0 Å². The molecule has 0 bridgehead atoms. The molecule has 0 atom stereocenters. The Bertz CT molecular complexity index is 848. The van der Waals surface area contributed by atoms with Crippen molar-refractivity contribution in [2.45, 2.75) is 0 Å². The molecule has 3 N–H and O–H groups in total. The third-order valence-electron chi connectivity index (χ3n) is 2.76. The minimum absolute atomic E-state index is 0.117. The van der Waals surface area contributed by atoms with Crippen LogP contribution in [0.1, 0.15) is 20.8 Å². The van der Waals surface area contributed by atoms with Crippen molar-refractivity contribution in [3.63, 3.8) is 0 Å². The van der Waals surface area contributed by atoms with Crippen molar-refractivity contribution < 1.29 is 19.8 Å². The molecule has 0 radical (unpaired) electrons. The topological polar surface area (TPSA) is 108 Å². The van der Waals surface area contributed by atoms with E-state index in [0.717, 1.165) is 0 Å². The summed E-state index contributed by atoms with van der Waals surface area (Å²) in [5, 5.41) is 18.0. The summed E-state index contributed by atoms with van der Waals surface area (Å²) >= 11 is 3.17. The van der Waals surface area contributed by atoms with Gasteiger partial charge in [-0.15, -0.1) is 0 Å². The summed E-state index contributed by atoms with van der Waals surface area (Å²) in [4.78, 5) is 28.8. The van der Waals surface area contributed by atoms with Gasteiger partial charge >= 0.3 is 11.9 Å². The number of nitrogens with zero attached hydrogens (tertiary/aromatic N) is 2. The van der Waals surface area contributed by atoms with Crippen LogP contribution in [0.3, 0.4) is 0 Å². The molecule has 0 unspecified atom stereocenters. The molecule has 0 fully saturated rings. The Morgan fingerprint density at radius 2 is 2.00 bits per heavy atom. The maximum atomic E-state index is 11.0. The molecular weight excluding hydrogens is 318 g/mol. The number of nitrogens with one attached hydrogen (secondary N) is 1. The molecule has 0 saturated carbocycles. The fourth-order valence-electron chi connectivity index (χ4n) is 1.92. The van der Waals surface area contributed by atoms with Crippen molar-refractivity contribution in [3.8, 4) is 0 Å². The van der Waals surface area contributed by atoms with E-state index in [1.54, 1.807) is 6.07 Å². The van der Waals surface area contributed by atoms with Gasteiger partial charge in [-0.2, -0.15) is 0 Å². The number of carboxylic acids is 2. The summed E-state index contributed by atoms with van der Waals surface area (Å²) < 4.78 is 1.79. The van der Waals surface area contributed by atoms with E-state index in [-0.39, 0.29) is 15.9 Å². The average Bonchev–Trinajstić information content (AvgIpc) is 2.85. The molecule has 3 rings (SSSR count). The number of aromatic carboxylic acids is 2. The monoisotopic (exact) mass is 323 g/mol. The number of carboxylic acid groups (broad SMARTS) is 2. The van der Waals surface area contributed by atoms with Crippen molar-refractivity contribution in [1.82, 2.24) is 14.4 Å². The second-order valence-electron chi connectivity index (χ2n) is 3.88. The van der Waals surface area contributed by atoms with E-state index in [1.807, 2.05) is 0 Å². The highest BCUT2D eigenvalue weighted by Gasteiger charge is 2.19. The number of imidazole rings is 2. The summed E-state index contributed by atoms with van der Waals surface area (Å²) in [6, 6.07) is 4.53. The summed E-state index contributed by atoms with van der Waals surface area (Å²) in [6.45, 7) is 0. The lowest BCUT2D eigenvalue weighted by molar-refractivity contribution is 0.0682. The summed E-state index contributed by atoms with van der Waals surface area (Å²) in [5.74, 6) is -1.88. The third-order valence-corrected chi connectivity index (χ3v) is 3.49. The smallest absolute Gasteiger partial charge is 0.357 e. The van der Waals surface area contributed by atoms with E-state index in [9.17, 15) is 9.59 Å². The third kappa shape index (κ3) is 1.60. The highest BCUT2D eigenvalue weighted by Crippen LogP contribution is 2.25. The Balaban J connectivity index is 2.41. The second-order valence-corrected chi connectivity index (χ2v) is 4.63. The number of rotatable bonds is 2. The van der Waals surface area contributed by atoms with Crippen molar-refractivity contribution in [2.75, 3.05) is 0 Å². The van der Waals surface area contributed by atoms with Crippen LogP contribution in [0.4, 0.5) is 0 Å². The lowest BCUT2D eigenvalue weighted by Gasteiger charge is -1.96. The predicted octanol–water partition coefficient (Wildman–Crippen LogP) is 1.97. The zero-order valence-corrected chi connectivity index (χ0v) is 10.8. The maximum Gasteiger partial charge on any atom is 0.357 e. The number of benzene rings is 1. The standard InChI is InChI=1S/C11H6BrN3O4/c12-8-7(10(18)19)14-11-13-5-2-1-4(9(16)17)3-6(5)15(8)11/h1-3H,(H,13,14)(H,16,17)(H,18,19). The van der Waals surface area contributed by atoms with Gasteiger partial charge in [0.05, 0.1) is 16.6 Å². The van der Waals surface area contributed by atoms with E-state index in [1.165, 1.54) is 16.5 Å². The Kier molecular flexibility index (Phi) is 2.36. The van der Waals surface area contributed by atoms with Gasteiger partial charge in [0, 0.05) is 0 Å². The first-order valence-electron chi connectivity index (χ1n) is 5.15. The Morgan fingerprint density at radius 1 is 1.26 bits per heavy atom. The molecule has 2 heterocycles. The van der Waals surface area contributed by atoms with Crippen LogP contribution in [0.25, 0.3) is 16.8 Å². The lowest BCUT2D eigenvalue weighted by atomic mass is 10.2. The summed E-state index contributed by atoms with van der Waals surface area (Å²) in [6.07, 6.45) is 0. The summed E-state index contributed by atoms with van der Waals surface area (Å²) in [7, 11) is 0. The normalized spacial score (nSPS) is 11.2. The van der Waals surface area contributed by atoms with Crippen LogP contribution in [0.15, 0.2) is 22.8 Å². The van der Waals surface area contributed by atoms with E-state index < -0.39 is 11.9 Å². The minimum atomic E-state index is -1.16. The van der Waals surface area contributed by atoms with Crippen molar-refractivity contribution in [2.24, 2.45) is 0 Å². The van der Waals surface area contributed by atoms with Gasteiger partial charge < -0.3 is 15.2 Å². The van der Waals surface area contributed by atoms with Gasteiger partial charge in [-0.1, -0.05) is 0 Å². The first-order chi connectivity index (χ1) is 8.99. The van der Waals surface area contributed by atoms with E-state index in [2.05, 4.69) is 25.9 Å². The molecule has 0 spiro atoms. The zero-order chi connectivity index (χ0) is 13.7. The van der Waals surface area contributed by atoms with Crippen molar-refractivity contribution in [1.29, 1.82) is 0 Å². The van der Waals surface area contributed by atoms with Crippen LogP contribution >= 0.6 is 15.9 Å². The van der Waals surface area contributed by atoms with Crippen LogP contribution in [0.5, 0.6) is 0 Å². The number of hydrogen-bond acceptors (Lipinski definition) is 3. The van der Waals surface area contributed by atoms with Crippen LogP contribution in [0, 0.1) is 0 Å². The number of aromatic nitrogens is 3. The maximum absolute atomic E-state index is 11.0. The lowest BCUT2D eigenvalue weighted by Crippen LogP contribution is -1.98. The highest BCUT2D eigenvalue weighted by atomic mass is 79.9.